The Balaban J connectivity index is 1.57. The molecule has 1 unspecified atom stereocenters. The lowest BCUT2D eigenvalue weighted by Gasteiger charge is -2.22. The molecule has 1 heterocycles. The third-order valence-electron chi connectivity index (χ3n) is 4.75. The smallest absolute Gasteiger partial charge is 0.227 e. The molecule has 1 aliphatic rings. The standard InChI is InChI=1S/C21H26N2O3/c24-16-19-8-6-17(7-9-19)12-21(26)23-11-10-22(14-20(25)15-23)13-18-4-2-1-3-5-18/h1-9,20,24-25H,10-16H2. The molecule has 2 aromatic rings. The Morgan fingerprint density at radius 3 is 2.31 bits per heavy atom. The van der Waals surface area contributed by atoms with Crippen molar-refractivity contribution >= 4 is 5.91 Å². The van der Waals surface area contributed by atoms with Gasteiger partial charge in [0.2, 0.25) is 5.91 Å². The van der Waals surface area contributed by atoms with Gasteiger partial charge in [-0.05, 0) is 16.7 Å². The number of nitrogens with zero attached hydrogens (tertiary/aromatic N) is 2. The Morgan fingerprint density at radius 1 is 0.923 bits per heavy atom. The lowest BCUT2D eigenvalue weighted by Crippen LogP contribution is -2.38. The van der Waals surface area contributed by atoms with Gasteiger partial charge in [-0.2, -0.15) is 0 Å². The van der Waals surface area contributed by atoms with Gasteiger partial charge >= 0.3 is 0 Å². The van der Waals surface area contributed by atoms with Crippen LogP contribution in [0.5, 0.6) is 0 Å². The minimum Gasteiger partial charge on any atom is -0.392 e. The fourth-order valence-electron chi connectivity index (χ4n) is 3.32. The van der Waals surface area contributed by atoms with Crippen molar-refractivity contribution in [2.24, 2.45) is 0 Å². The quantitative estimate of drug-likeness (QED) is 0.853. The SMILES string of the molecule is O=C(Cc1ccc(CO)cc1)N1CCN(Cc2ccccc2)CC(O)C1. The molecule has 2 N–H and O–H groups in total. The predicted octanol–water partition coefficient (Wildman–Crippen LogP) is 1.43. The number of aliphatic hydroxyl groups excluding tert-OH is 2. The van der Waals surface area contributed by atoms with Crippen LogP contribution in [0.15, 0.2) is 54.6 Å². The first kappa shape index (κ1) is 18.6. The van der Waals surface area contributed by atoms with Gasteiger partial charge in [-0.25, -0.2) is 0 Å². The maximum Gasteiger partial charge on any atom is 0.227 e. The second-order valence-electron chi connectivity index (χ2n) is 6.87. The molecule has 1 atom stereocenters. The Kier molecular flexibility index (Phi) is 6.39. The van der Waals surface area contributed by atoms with Gasteiger partial charge in [-0.15, -0.1) is 0 Å². The van der Waals surface area contributed by atoms with Crippen molar-refractivity contribution in [2.45, 2.75) is 25.7 Å². The summed E-state index contributed by atoms with van der Waals surface area (Å²) in [6, 6.07) is 17.6. The van der Waals surface area contributed by atoms with Crippen molar-refractivity contribution in [3.63, 3.8) is 0 Å². The maximum absolute atomic E-state index is 12.6. The highest BCUT2D eigenvalue weighted by Crippen LogP contribution is 2.12. The lowest BCUT2D eigenvalue weighted by molar-refractivity contribution is -0.131. The van der Waals surface area contributed by atoms with Crippen molar-refractivity contribution in [3.8, 4) is 0 Å². The fourth-order valence-corrected chi connectivity index (χ4v) is 3.32. The lowest BCUT2D eigenvalue weighted by atomic mass is 10.1. The number of rotatable bonds is 5. The summed E-state index contributed by atoms with van der Waals surface area (Å²) in [4.78, 5) is 16.6. The van der Waals surface area contributed by atoms with Gasteiger partial charge < -0.3 is 15.1 Å². The maximum atomic E-state index is 12.6. The van der Waals surface area contributed by atoms with Gasteiger partial charge in [-0.3, -0.25) is 9.69 Å². The first-order valence-corrected chi connectivity index (χ1v) is 9.05. The van der Waals surface area contributed by atoms with Crippen LogP contribution in [0, 0.1) is 0 Å². The van der Waals surface area contributed by atoms with Crippen LogP contribution in [0.2, 0.25) is 0 Å². The van der Waals surface area contributed by atoms with Gasteiger partial charge in [0.1, 0.15) is 0 Å². The highest BCUT2D eigenvalue weighted by Gasteiger charge is 2.24. The van der Waals surface area contributed by atoms with Crippen LogP contribution in [-0.4, -0.2) is 58.2 Å². The van der Waals surface area contributed by atoms with E-state index in [1.54, 1.807) is 4.90 Å². The Bertz CT molecular complexity index is 703. The molecule has 138 valence electrons. The Morgan fingerprint density at radius 2 is 1.62 bits per heavy atom. The number of aliphatic hydroxyl groups is 2. The van der Waals surface area contributed by atoms with E-state index in [9.17, 15) is 9.90 Å². The van der Waals surface area contributed by atoms with E-state index in [1.807, 2.05) is 42.5 Å². The van der Waals surface area contributed by atoms with Crippen LogP contribution in [-0.2, 0) is 24.4 Å². The molecule has 5 nitrogen and oxygen atoms in total. The zero-order chi connectivity index (χ0) is 18.4. The molecule has 1 aliphatic heterocycles. The molecule has 0 aliphatic carbocycles. The normalized spacial score (nSPS) is 18.5. The highest BCUT2D eigenvalue weighted by atomic mass is 16.3. The van der Waals surface area contributed by atoms with E-state index in [2.05, 4.69) is 17.0 Å². The summed E-state index contributed by atoms with van der Waals surface area (Å²) in [6.45, 7) is 3.10. The summed E-state index contributed by atoms with van der Waals surface area (Å²) < 4.78 is 0. The number of hydrogen-bond acceptors (Lipinski definition) is 4. The number of β-amino-alcohol motifs (C(OH)–C–C–N with tert-alkyl or cyclic N) is 1. The van der Waals surface area contributed by atoms with Crippen LogP contribution in [0.1, 0.15) is 16.7 Å². The first-order chi connectivity index (χ1) is 12.6. The number of benzene rings is 2. The second kappa shape index (κ2) is 8.94. The van der Waals surface area contributed by atoms with Gasteiger partial charge in [0, 0.05) is 32.7 Å². The Labute approximate surface area is 154 Å². The van der Waals surface area contributed by atoms with E-state index in [0.717, 1.165) is 24.2 Å². The van der Waals surface area contributed by atoms with Crippen molar-refractivity contribution in [2.75, 3.05) is 26.2 Å². The molecule has 2 aromatic carbocycles. The zero-order valence-electron chi connectivity index (χ0n) is 14.9. The topological polar surface area (TPSA) is 64.0 Å². The zero-order valence-corrected chi connectivity index (χ0v) is 14.9. The molecule has 1 fully saturated rings. The van der Waals surface area contributed by atoms with Crippen LogP contribution in [0.25, 0.3) is 0 Å². The third kappa shape index (κ3) is 5.14. The average Bonchev–Trinajstić information content (AvgIpc) is 2.84. The fraction of sp³-hybridized carbons (Fsp3) is 0.381. The van der Waals surface area contributed by atoms with Crippen LogP contribution in [0.3, 0.4) is 0 Å². The van der Waals surface area contributed by atoms with E-state index in [4.69, 9.17) is 5.11 Å². The molecule has 5 heteroatoms. The average molecular weight is 354 g/mol. The van der Waals surface area contributed by atoms with Crippen molar-refractivity contribution in [3.05, 3.63) is 71.3 Å². The van der Waals surface area contributed by atoms with Gasteiger partial charge in [0.25, 0.3) is 0 Å². The first-order valence-electron chi connectivity index (χ1n) is 9.05. The summed E-state index contributed by atoms with van der Waals surface area (Å²) in [5.41, 5.74) is 2.97. The van der Waals surface area contributed by atoms with E-state index >= 15 is 0 Å². The number of hydrogen-bond donors (Lipinski definition) is 2. The molecule has 1 saturated heterocycles. The van der Waals surface area contributed by atoms with Crippen LogP contribution in [0.4, 0.5) is 0 Å². The molecule has 3 rings (SSSR count). The van der Waals surface area contributed by atoms with Gasteiger partial charge in [0.15, 0.2) is 0 Å². The van der Waals surface area contributed by atoms with E-state index in [1.165, 1.54) is 5.56 Å². The molecule has 1 amide bonds. The van der Waals surface area contributed by atoms with Gasteiger partial charge in [0.05, 0.1) is 19.1 Å². The molecule has 0 bridgehead atoms. The monoisotopic (exact) mass is 354 g/mol. The van der Waals surface area contributed by atoms with Crippen molar-refractivity contribution in [1.29, 1.82) is 0 Å². The second-order valence-corrected chi connectivity index (χ2v) is 6.87. The highest BCUT2D eigenvalue weighted by molar-refractivity contribution is 5.78. The van der Waals surface area contributed by atoms with Crippen molar-refractivity contribution in [1.82, 2.24) is 9.80 Å². The molecule has 0 radical (unpaired) electrons. The minimum absolute atomic E-state index is 0.00376. The molecule has 0 saturated carbocycles. The predicted molar refractivity (Wildman–Crippen MR) is 100 cm³/mol. The summed E-state index contributed by atoms with van der Waals surface area (Å²) in [7, 11) is 0. The molecule has 0 aromatic heterocycles. The minimum atomic E-state index is -0.540. The summed E-state index contributed by atoms with van der Waals surface area (Å²) in [6.07, 6.45) is -0.223. The number of carbonyl (C=O) groups excluding carboxylic acids is 1. The van der Waals surface area contributed by atoms with Crippen LogP contribution < -0.4 is 0 Å². The van der Waals surface area contributed by atoms with Gasteiger partial charge in [-0.1, -0.05) is 54.6 Å². The molecular formula is C21H26N2O3. The molecular weight excluding hydrogens is 328 g/mol. The Hall–Kier alpha value is -2.21. The van der Waals surface area contributed by atoms with E-state index in [0.29, 0.717) is 26.1 Å². The van der Waals surface area contributed by atoms with E-state index in [-0.39, 0.29) is 12.5 Å². The molecule has 0 spiro atoms. The summed E-state index contributed by atoms with van der Waals surface area (Å²) in [5, 5.41) is 19.4. The third-order valence-corrected chi connectivity index (χ3v) is 4.75. The number of amides is 1. The van der Waals surface area contributed by atoms with Crippen LogP contribution >= 0.6 is 0 Å². The summed E-state index contributed by atoms with van der Waals surface area (Å²) in [5.74, 6) is 0.0300. The van der Waals surface area contributed by atoms with Crippen molar-refractivity contribution < 1.29 is 15.0 Å². The molecule has 26 heavy (non-hydrogen) atoms. The van der Waals surface area contributed by atoms with E-state index < -0.39 is 6.10 Å². The largest absolute Gasteiger partial charge is 0.392 e. The number of carbonyl (C=O) groups is 1. The summed E-state index contributed by atoms with van der Waals surface area (Å²) >= 11 is 0.